The van der Waals surface area contributed by atoms with E-state index in [2.05, 4.69) is 5.32 Å². The Balaban J connectivity index is 1.88. The van der Waals surface area contributed by atoms with E-state index in [9.17, 15) is 4.79 Å². The monoisotopic (exact) mass is 256 g/mol. The van der Waals surface area contributed by atoms with Gasteiger partial charge in [0.15, 0.2) is 0 Å². The summed E-state index contributed by atoms with van der Waals surface area (Å²) in [4.78, 5) is 11.9. The highest BCUT2D eigenvalue weighted by molar-refractivity contribution is 5.99. The lowest BCUT2D eigenvalue weighted by Crippen LogP contribution is -2.26. The molecule has 0 heterocycles. The first-order valence-corrected chi connectivity index (χ1v) is 6.07. The quantitative estimate of drug-likeness (QED) is 0.732. The molecule has 2 aromatic rings. The molecule has 0 bridgehead atoms. The minimum Gasteiger partial charge on any atom is -0.508 e. The standard InChI is InChI=1S/C15H16N2O2/c16-14-4-2-1-3-13(14)15(19)17-10-9-11-5-7-12(18)8-6-11/h1-8,18H,9-10,16H2,(H,17,19). The fraction of sp³-hybridized carbons (Fsp3) is 0.133. The van der Waals surface area contributed by atoms with Crippen LogP contribution in [0.2, 0.25) is 0 Å². The molecule has 2 aromatic carbocycles. The van der Waals surface area contributed by atoms with Gasteiger partial charge in [-0.05, 0) is 36.2 Å². The Kier molecular flexibility index (Phi) is 4.03. The number of amides is 1. The van der Waals surface area contributed by atoms with Crippen molar-refractivity contribution in [2.24, 2.45) is 0 Å². The lowest BCUT2D eigenvalue weighted by Gasteiger charge is -2.07. The Labute approximate surface area is 111 Å². The van der Waals surface area contributed by atoms with Crippen molar-refractivity contribution in [1.29, 1.82) is 0 Å². The number of carbonyl (C=O) groups is 1. The summed E-state index contributed by atoms with van der Waals surface area (Å²) in [5, 5.41) is 12.0. The van der Waals surface area contributed by atoms with Gasteiger partial charge < -0.3 is 16.2 Å². The smallest absolute Gasteiger partial charge is 0.253 e. The van der Waals surface area contributed by atoms with Gasteiger partial charge in [-0.2, -0.15) is 0 Å². The van der Waals surface area contributed by atoms with Gasteiger partial charge >= 0.3 is 0 Å². The lowest BCUT2D eigenvalue weighted by molar-refractivity contribution is 0.0955. The highest BCUT2D eigenvalue weighted by Gasteiger charge is 2.07. The van der Waals surface area contributed by atoms with Gasteiger partial charge in [-0.3, -0.25) is 4.79 Å². The summed E-state index contributed by atoms with van der Waals surface area (Å²) in [6.07, 6.45) is 0.707. The number of benzene rings is 2. The summed E-state index contributed by atoms with van der Waals surface area (Å²) in [7, 11) is 0. The maximum atomic E-state index is 11.9. The predicted molar refractivity (Wildman–Crippen MR) is 75.0 cm³/mol. The van der Waals surface area contributed by atoms with Crippen molar-refractivity contribution in [1.82, 2.24) is 5.32 Å². The largest absolute Gasteiger partial charge is 0.508 e. The van der Waals surface area contributed by atoms with E-state index in [0.717, 1.165) is 5.56 Å². The Morgan fingerprint density at radius 1 is 1.11 bits per heavy atom. The first-order valence-electron chi connectivity index (χ1n) is 6.07. The average molecular weight is 256 g/mol. The molecule has 0 aliphatic rings. The van der Waals surface area contributed by atoms with E-state index in [1.807, 2.05) is 12.1 Å². The predicted octanol–water partition coefficient (Wildman–Crippen LogP) is 1.95. The number of nitrogens with one attached hydrogen (secondary N) is 1. The third-order valence-electron chi connectivity index (χ3n) is 2.84. The van der Waals surface area contributed by atoms with Crippen LogP contribution in [0.15, 0.2) is 48.5 Å². The zero-order valence-electron chi connectivity index (χ0n) is 10.5. The van der Waals surface area contributed by atoms with Crippen molar-refractivity contribution < 1.29 is 9.90 Å². The van der Waals surface area contributed by atoms with Crippen molar-refractivity contribution >= 4 is 11.6 Å². The topological polar surface area (TPSA) is 75.4 Å². The molecule has 0 aromatic heterocycles. The lowest BCUT2D eigenvalue weighted by atomic mass is 10.1. The van der Waals surface area contributed by atoms with E-state index in [1.165, 1.54) is 0 Å². The van der Waals surface area contributed by atoms with Gasteiger partial charge in [0, 0.05) is 12.2 Å². The Morgan fingerprint density at radius 3 is 2.47 bits per heavy atom. The highest BCUT2D eigenvalue weighted by atomic mass is 16.3. The number of phenolic OH excluding ortho intramolecular Hbond substituents is 1. The fourth-order valence-electron chi connectivity index (χ4n) is 1.78. The molecule has 0 spiro atoms. The van der Waals surface area contributed by atoms with Crippen LogP contribution in [-0.2, 0) is 6.42 Å². The third-order valence-corrected chi connectivity index (χ3v) is 2.84. The van der Waals surface area contributed by atoms with E-state index in [0.29, 0.717) is 24.2 Å². The van der Waals surface area contributed by atoms with Crippen LogP contribution in [0, 0.1) is 0 Å². The second-order valence-electron chi connectivity index (χ2n) is 4.26. The number of phenols is 1. The highest BCUT2D eigenvalue weighted by Crippen LogP contribution is 2.11. The van der Waals surface area contributed by atoms with E-state index < -0.39 is 0 Å². The number of aromatic hydroxyl groups is 1. The van der Waals surface area contributed by atoms with Crippen LogP contribution in [0.1, 0.15) is 15.9 Å². The first-order chi connectivity index (χ1) is 9.16. The summed E-state index contributed by atoms with van der Waals surface area (Å²) in [5.41, 5.74) is 7.76. The fourth-order valence-corrected chi connectivity index (χ4v) is 1.78. The molecule has 4 N–H and O–H groups in total. The maximum Gasteiger partial charge on any atom is 0.253 e. The van der Waals surface area contributed by atoms with Crippen LogP contribution in [0.25, 0.3) is 0 Å². The van der Waals surface area contributed by atoms with E-state index in [4.69, 9.17) is 10.8 Å². The molecule has 0 radical (unpaired) electrons. The van der Waals surface area contributed by atoms with Crippen molar-refractivity contribution in [2.45, 2.75) is 6.42 Å². The van der Waals surface area contributed by atoms with Crippen LogP contribution >= 0.6 is 0 Å². The number of rotatable bonds is 4. The molecular formula is C15H16N2O2. The summed E-state index contributed by atoms with van der Waals surface area (Å²) < 4.78 is 0. The summed E-state index contributed by atoms with van der Waals surface area (Å²) >= 11 is 0. The molecular weight excluding hydrogens is 240 g/mol. The SMILES string of the molecule is Nc1ccccc1C(=O)NCCc1ccc(O)cc1. The second-order valence-corrected chi connectivity index (χ2v) is 4.26. The Hall–Kier alpha value is -2.49. The van der Waals surface area contributed by atoms with Gasteiger partial charge in [0.1, 0.15) is 5.75 Å². The minimum absolute atomic E-state index is 0.170. The van der Waals surface area contributed by atoms with Crippen LogP contribution in [0.4, 0.5) is 5.69 Å². The number of anilines is 1. The Morgan fingerprint density at radius 2 is 1.79 bits per heavy atom. The van der Waals surface area contributed by atoms with Crippen LogP contribution in [-0.4, -0.2) is 17.6 Å². The summed E-state index contributed by atoms with van der Waals surface area (Å²) in [6.45, 7) is 0.526. The molecule has 1 amide bonds. The third kappa shape index (κ3) is 3.48. The zero-order chi connectivity index (χ0) is 13.7. The molecule has 0 unspecified atom stereocenters. The number of hydrogen-bond donors (Lipinski definition) is 3. The zero-order valence-corrected chi connectivity index (χ0v) is 10.5. The Bertz CT molecular complexity index is 565. The molecule has 4 nitrogen and oxygen atoms in total. The normalized spacial score (nSPS) is 10.1. The molecule has 0 saturated carbocycles. The number of hydrogen-bond acceptors (Lipinski definition) is 3. The molecule has 0 fully saturated rings. The number of para-hydroxylation sites is 1. The van der Waals surface area contributed by atoms with Crippen LogP contribution in [0.5, 0.6) is 5.75 Å². The minimum atomic E-state index is -0.170. The van der Waals surface area contributed by atoms with Crippen LogP contribution in [0.3, 0.4) is 0 Å². The molecule has 0 atom stereocenters. The van der Waals surface area contributed by atoms with Gasteiger partial charge in [0.25, 0.3) is 5.91 Å². The average Bonchev–Trinajstić information content (AvgIpc) is 2.41. The van der Waals surface area contributed by atoms with Crippen LogP contribution < -0.4 is 11.1 Å². The molecule has 0 saturated heterocycles. The van der Waals surface area contributed by atoms with Gasteiger partial charge in [-0.25, -0.2) is 0 Å². The first kappa shape index (κ1) is 13.0. The molecule has 98 valence electrons. The molecule has 4 heteroatoms. The maximum absolute atomic E-state index is 11.9. The summed E-state index contributed by atoms with van der Waals surface area (Å²) in [6, 6.07) is 13.9. The number of nitrogen functional groups attached to an aromatic ring is 1. The molecule has 19 heavy (non-hydrogen) atoms. The van der Waals surface area contributed by atoms with Crippen molar-refractivity contribution in [3.63, 3.8) is 0 Å². The van der Waals surface area contributed by atoms with E-state index in [1.54, 1.807) is 36.4 Å². The van der Waals surface area contributed by atoms with Crippen molar-refractivity contribution in [2.75, 3.05) is 12.3 Å². The summed E-state index contributed by atoms with van der Waals surface area (Å²) in [5.74, 6) is 0.0710. The second kappa shape index (κ2) is 5.91. The van der Waals surface area contributed by atoms with Gasteiger partial charge in [-0.1, -0.05) is 24.3 Å². The van der Waals surface area contributed by atoms with E-state index in [-0.39, 0.29) is 11.7 Å². The molecule has 2 rings (SSSR count). The van der Waals surface area contributed by atoms with Gasteiger partial charge in [0.2, 0.25) is 0 Å². The van der Waals surface area contributed by atoms with Crippen molar-refractivity contribution in [3.05, 3.63) is 59.7 Å². The number of carbonyl (C=O) groups excluding carboxylic acids is 1. The molecule has 0 aliphatic heterocycles. The molecule has 0 aliphatic carbocycles. The van der Waals surface area contributed by atoms with Gasteiger partial charge in [0.05, 0.1) is 5.56 Å². The van der Waals surface area contributed by atoms with Crippen molar-refractivity contribution in [3.8, 4) is 5.75 Å². The van der Waals surface area contributed by atoms with Gasteiger partial charge in [-0.15, -0.1) is 0 Å². The number of nitrogens with two attached hydrogens (primary N) is 1. The van der Waals surface area contributed by atoms with E-state index >= 15 is 0 Å².